The molecule has 0 spiro atoms. The number of nitrogens with zero attached hydrogens (tertiary/aromatic N) is 3. The van der Waals surface area contributed by atoms with E-state index in [0.717, 1.165) is 10.5 Å². The van der Waals surface area contributed by atoms with Crippen molar-refractivity contribution in [1.82, 2.24) is 5.32 Å². The fourth-order valence-electron chi connectivity index (χ4n) is 2.96. The molecule has 1 aromatic carbocycles. The fourth-order valence-corrected chi connectivity index (χ4v) is 3.25. The minimum absolute atomic E-state index is 0.198. The molecule has 1 amide bonds. The molecule has 1 N–H and O–H groups in total. The van der Waals surface area contributed by atoms with Gasteiger partial charge in [0.15, 0.2) is 5.17 Å². The molecule has 1 atom stereocenters. The first-order valence-electron chi connectivity index (χ1n) is 9.43. The van der Waals surface area contributed by atoms with E-state index in [0.29, 0.717) is 16.4 Å². The maximum absolute atomic E-state index is 15.1. The average Bonchev–Trinajstić information content (AvgIpc) is 2.65. The third-order valence-corrected chi connectivity index (χ3v) is 4.84. The number of amidine groups is 1. The van der Waals surface area contributed by atoms with Gasteiger partial charge < -0.3 is 10.1 Å². The summed E-state index contributed by atoms with van der Waals surface area (Å²) >= 11 is 1.34. The van der Waals surface area contributed by atoms with Gasteiger partial charge in [0.1, 0.15) is 11.6 Å². The Morgan fingerprint density at radius 2 is 2.10 bits per heavy atom. The molecule has 1 heterocycles. The molecular weight excluding hydrogens is 410 g/mol. The van der Waals surface area contributed by atoms with Crippen LogP contribution in [0.15, 0.2) is 46.0 Å². The summed E-state index contributed by atoms with van der Waals surface area (Å²) in [6, 6.07) is 5.38. The maximum Gasteiger partial charge on any atom is 0.415 e. The van der Waals surface area contributed by atoms with Crippen molar-refractivity contribution in [2.45, 2.75) is 45.3 Å². The van der Waals surface area contributed by atoms with Crippen LogP contribution in [-0.2, 0) is 4.74 Å². The number of carbonyl (C=O) groups is 1. The number of nitrogens with one attached hydrogen (secondary N) is 1. The van der Waals surface area contributed by atoms with Gasteiger partial charge in [-0.25, -0.2) is 23.6 Å². The Morgan fingerprint density at radius 1 is 1.43 bits per heavy atom. The second-order valence-corrected chi connectivity index (χ2v) is 8.72. The van der Waals surface area contributed by atoms with Gasteiger partial charge in [0, 0.05) is 12.7 Å². The first-order valence-corrected chi connectivity index (χ1v) is 10.7. The number of hydrogen-bond acceptors (Lipinski definition) is 5. The summed E-state index contributed by atoms with van der Waals surface area (Å²) in [4.78, 5) is 21.5. The van der Waals surface area contributed by atoms with Gasteiger partial charge in [-0.1, -0.05) is 30.0 Å². The number of anilines is 1. The molecule has 9 heteroatoms. The minimum atomic E-state index is -3.19. The Bertz CT molecular complexity index is 850. The second-order valence-electron chi connectivity index (χ2n) is 7.95. The first kappa shape index (κ1) is 24.0. The molecule has 164 valence electrons. The van der Waals surface area contributed by atoms with Crippen LogP contribution < -0.4 is 10.2 Å². The van der Waals surface area contributed by atoms with E-state index in [1.165, 1.54) is 11.8 Å². The molecule has 1 aromatic rings. The summed E-state index contributed by atoms with van der Waals surface area (Å²) in [6.45, 7) is 9.74. The lowest BCUT2D eigenvalue weighted by Gasteiger charge is -2.40. The number of halogens is 2. The molecule has 2 rings (SSSR count). The molecule has 0 radical (unpaired) electrons. The number of thioether (sulfide) groups is 1. The molecule has 0 saturated heterocycles. The predicted octanol–water partition coefficient (Wildman–Crippen LogP) is 5.03. The number of alkyl halides is 2. The highest BCUT2D eigenvalue weighted by atomic mass is 32.2. The van der Waals surface area contributed by atoms with E-state index in [1.807, 2.05) is 6.26 Å². The van der Waals surface area contributed by atoms with E-state index in [9.17, 15) is 4.79 Å². The van der Waals surface area contributed by atoms with E-state index in [4.69, 9.17) is 4.74 Å². The van der Waals surface area contributed by atoms with Gasteiger partial charge in [-0.3, -0.25) is 4.90 Å². The number of benzene rings is 1. The summed E-state index contributed by atoms with van der Waals surface area (Å²) in [5, 5.41) is 3.41. The third kappa shape index (κ3) is 6.12. The van der Waals surface area contributed by atoms with Gasteiger partial charge >= 0.3 is 6.09 Å². The van der Waals surface area contributed by atoms with Crippen LogP contribution in [-0.4, -0.2) is 48.8 Å². The largest absolute Gasteiger partial charge is 0.443 e. The van der Waals surface area contributed by atoms with Crippen molar-refractivity contribution in [3.8, 4) is 0 Å². The highest BCUT2D eigenvalue weighted by Crippen LogP contribution is 2.43. The molecule has 1 aliphatic heterocycles. The van der Waals surface area contributed by atoms with Crippen LogP contribution in [0.25, 0.3) is 0 Å². The van der Waals surface area contributed by atoms with Crippen LogP contribution in [0.5, 0.6) is 0 Å². The van der Waals surface area contributed by atoms with Gasteiger partial charge in [-0.05, 0) is 57.9 Å². The number of hydrogen-bond donors (Lipinski definition) is 1. The summed E-state index contributed by atoms with van der Waals surface area (Å²) in [7, 11) is 0. The zero-order chi connectivity index (χ0) is 22.5. The normalized spacial score (nSPS) is 19.3. The van der Waals surface area contributed by atoms with Gasteiger partial charge in [0.2, 0.25) is 0 Å². The highest BCUT2D eigenvalue weighted by molar-refractivity contribution is 8.13. The lowest BCUT2D eigenvalue weighted by atomic mass is 9.93. The number of amides is 1. The molecule has 0 bridgehead atoms. The summed E-state index contributed by atoms with van der Waals surface area (Å²) in [5.74, 6) is -3.19. The SMILES string of the molecule is C=NC(=N/C=C(\C)CNC1c2ccccc2N(C(=O)OC(C)(C)C)CC1(F)F)SC. The van der Waals surface area contributed by atoms with Crippen molar-refractivity contribution in [3.05, 3.63) is 41.6 Å². The minimum Gasteiger partial charge on any atom is -0.443 e. The van der Waals surface area contributed by atoms with E-state index < -0.39 is 30.2 Å². The van der Waals surface area contributed by atoms with E-state index in [1.54, 1.807) is 58.2 Å². The van der Waals surface area contributed by atoms with Crippen molar-refractivity contribution in [1.29, 1.82) is 0 Å². The Hall–Kier alpha value is -2.26. The van der Waals surface area contributed by atoms with E-state index in [2.05, 4.69) is 22.0 Å². The number of carbonyl (C=O) groups excluding carboxylic acids is 1. The number of fused-ring (bicyclic) bond motifs is 1. The number of aliphatic imine (C=N–C) groups is 2. The third-order valence-electron chi connectivity index (χ3n) is 4.24. The zero-order valence-electron chi connectivity index (χ0n) is 17.9. The van der Waals surface area contributed by atoms with Crippen LogP contribution in [0.3, 0.4) is 0 Å². The molecule has 0 saturated carbocycles. The highest BCUT2D eigenvalue weighted by Gasteiger charge is 2.49. The molecule has 30 heavy (non-hydrogen) atoms. The average molecular weight is 439 g/mol. The fraction of sp³-hybridized carbons (Fsp3) is 0.476. The monoisotopic (exact) mass is 438 g/mol. The van der Waals surface area contributed by atoms with Gasteiger partial charge in [0.05, 0.1) is 12.2 Å². The summed E-state index contributed by atoms with van der Waals surface area (Å²) < 4.78 is 35.5. The van der Waals surface area contributed by atoms with E-state index >= 15 is 8.78 Å². The Morgan fingerprint density at radius 3 is 2.70 bits per heavy atom. The smallest absolute Gasteiger partial charge is 0.415 e. The van der Waals surface area contributed by atoms with Crippen LogP contribution in [0, 0.1) is 0 Å². The Balaban J connectivity index is 2.27. The summed E-state index contributed by atoms with van der Waals surface area (Å²) in [5.41, 5.74) is 0.728. The van der Waals surface area contributed by atoms with Crippen molar-refractivity contribution in [3.63, 3.8) is 0 Å². The van der Waals surface area contributed by atoms with Gasteiger partial charge in [-0.2, -0.15) is 0 Å². The molecular formula is C21H28F2N4O2S. The molecule has 0 aromatic heterocycles. The van der Waals surface area contributed by atoms with Gasteiger partial charge in [-0.15, -0.1) is 0 Å². The van der Waals surface area contributed by atoms with Crippen LogP contribution in [0.2, 0.25) is 0 Å². The van der Waals surface area contributed by atoms with Crippen LogP contribution in [0.4, 0.5) is 19.3 Å². The van der Waals surface area contributed by atoms with Crippen molar-refractivity contribution < 1.29 is 18.3 Å². The Kier molecular flexibility index (Phi) is 7.76. The maximum atomic E-state index is 15.1. The van der Waals surface area contributed by atoms with Crippen molar-refractivity contribution in [2.24, 2.45) is 9.98 Å². The second kappa shape index (κ2) is 9.70. The number of rotatable bonds is 4. The van der Waals surface area contributed by atoms with Gasteiger partial charge in [0.25, 0.3) is 5.92 Å². The van der Waals surface area contributed by atoms with Crippen molar-refractivity contribution >= 4 is 35.4 Å². The van der Waals surface area contributed by atoms with Crippen molar-refractivity contribution in [2.75, 3.05) is 24.2 Å². The van der Waals surface area contributed by atoms with Crippen LogP contribution in [0.1, 0.15) is 39.3 Å². The number of para-hydroxylation sites is 1. The molecule has 0 aliphatic carbocycles. The standard InChI is InChI=1S/C21H28F2N4O2S/c1-14(12-26-18(24-5)30-6)11-25-17-15-9-7-8-10-16(15)27(13-21(17,22)23)19(28)29-20(2,3)4/h7-10,12,17,25H,5,11,13H2,1-4,6H3/b14-12+,26-18?. The number of ether oxygens (including phenoxy) is 1. The molecule has 0 fully saturated rings. The van der Waals surface area contributed by atoms with E-state index in [-0.39, 0.29) is 6.54 Å². The lowest BCUT2D eigenvalue weighted by molar-refractivity contribution is -0.0366. The predicted molar refractivity (Wildman–Crippen MR) is 120 cm³/mol. The topological polar surface area (TPSA) is 66.3 Å². The molecule has 1 aliphatic rings. The molecule has 6 nitrogen and oxygen atoms in total. The van der Waals surface area contributed by atoms with Crippen LogP contribution >= 0.6 is 11.8 Å². The lowest BCUT2D eigenvalue weighted by Crippen LogP contribution is -2.53. The Labute approximate surface area is 180 Å². The zero-order valence-corrected chi connectivity index (χ0v) is 18.7. The quantitative estimate of drug-likeness (QED) is 0.529. The first-order chi connectivity index (χ1) is 14.0. The summed E-state index contributed by atoms with van der Waals surface area (Å²) in [6.07, 6.45) is 2.61. The molecule has 1 unspecified atom stereocenters.